The molecule has 4 rings (SSSR count). The van der Waals surface area contributed by atoms with Crippen LogP contribution < -0.4 is 16.0 Å². The van der Waals surface area contributed by atoms with Gasteiger partial charge in [-0.25, -0.2) is 8.78 Å². The largest absolute Gasteiger partial charge is 0.508 e. The highest BCUT2D eigenvalue weighted by Crippen LogP contribution is 2.33. The number of hydrogen-bond acceptors (Lipinski definition) is 6. The van der Waals surface area contributed by atoms with Crippen LogP contribution in [-0.2, 0) is 22.6 Å². The Kier molecular flexibility index (Phi) is 9.41. The molecule has 1 fully saturated rings. The minimum Gasteiger partial charge on any atom is -0.508 e. The van der Waals surface area contributed by atoms with E-state index < -0.39 is 54.8 Å². The minimum atomic E-state index is -3.34. The van der Waals surface area contributed by atoms with Crippen molar-refractivity contribution < 1.29 is 33.4 Å². The summed E-state index contributed by atoms with van der Waals surface area (Å²) in [6.07, 6.45) is -2.83. The summed E-state index contributed by atoms with van der Waals surface area (Å²) in [5.74, 6) is -5.99. The van der Waals surface area contributed by atoms with E-state index in [1.807, 2.05) is 0 Å². The lowest BCUT2D eigenvalue weighted by Crippen LogP contribution is -2.55. The molecule has 1 heterocycles. The summed E-state index contributed by atoms with van der Waals surface area (Å²) in [6, 6.07) is 17.5. The molecule has 3 aromatic rings. The molecule has 0 unspecified atom stereocenters. The molecule has 3 aromatic carbocycles. The number of nitrogens with one attached hydrogen (secondary N) is 3. The van der Waals surface area contributed by atoms with Gasteiger partial charge in [-0.15, -0.1) is 0 Å². The van der Waals surface area contributed by atoms with Gasteiger partial charge in [-0.1, -0.05) is 48.5 Å². The van der Waals surface area contributed by atoms with E-state index in [-0.39, 0.29) is 24.3 Å². The molecule has 0 aliphatic carbocycles. The van der Waals surface area contributed by atoms with Gasteiger partial charge in [0.2, 0.25) is 5.91 Å². The number of alkyl halides is 2. The van der Waals surface area contributed by atoms with Gasteiger partial charge >= 0.3 is 0 Å². The fourth-order valence-corrected chi connectivity index (χ4v) is 4.95. The van der Waals surface area contributed by atoms with Crippen molar-refractivity contribution in [3.05, 3.63) is 95.1 Å². The maximum absolute atomic E-state index is 14.6. The fraction of sp³-hybridized carbons (Fsp3) is 0.323. The number of rotatable bonds is 10. The van der Waals surface area contributed by atoms with E-state index in [0.717, 1.165) is 11.3 Å². The smallest absolute Gasteiger partial charge is 0.267 e. The first-order chi connectivity index (χ1) is 20.0. The number of aliphatic hydroxyl groups excluding tert-OH is 1. The van der Waals surface area contributed by atoms with Gasteiger partial charge in [0.1, 0.15) is 11.8 Å². The third kappa shape index (κ3) is 7.22. The zero-order valence-corrected chi connectivity index (χ0v) is 23.3. The highest BCUT2D eigenvalue weighted by molar-refractivity contribution is 5.97. The van der Waals surface area contributed by atoms with Crippen molar-refractivity contribution in [2.24, 2.45) is 0 Å². The zero-order chi connectivity index (χ0) is 30.4. The molecule has 11 heteroatoms. The number of aromatic hydroxyl groups is 1. The Labute approximate surface area is 242 Å². The molecular formula is C31H34F2N4O5. The molecule has 1 aliphatic heterocycles. The molecule has 0 radical (unpaired) electrons. The number of aliphatic hydroxyl groups is 1. The maximum Gasteiger partial charge on any atom is 0.267 e. The number of hydrogen-bond donors (Lipinski definition) is 5. The van der Waals surface area contributed by atoms with Gasteiger partial charge in [0.15, 0.2) is 6.10 Å². The topological polar surface area (TPSA) is 131 Å². The lowest BCUT2D eigenvalue weighted by molar-refractivity contribution is -0.147. The van der Waals surface area contributed by atoms with E-state index >= 15 is 0 Å². The van der Waals surface area contributed by atoms with Crippen LogP contribution in [0.15, 0.2) is 72.8 Å². The predicted octanol–water partition coefficient (Wildman–Crippen LogP) is 3.00. The van der Waals surface area contributed by atoms with Crippen LogP contribution in [-0.4, -0.2) is 70.5 Å². The van der Waals surface area contributed by atoms with Crippen LogP contribution in [0.4, 0.5) is 14.5 Å². The van der Waals surface area contributed by atoms with E-state index in [2.05, 4.69) is 16.0 Å². The minimum absolute atomic E-state index is 0.00105. The molecule has 222 valence electrons. The Balaban J connectivity index is 1.53. The Hall–Kier alpha value is -4.51. The summed E-state index contributed by atoms with van der Waals surface area (Å²) in [4.78, 5) is 40.4. The summed E-state index contributed by atoms with van der Waals surface area (Å²) in [5.41, 5.74) is 2.69. The highest BCUT2D eigenvalue weighted by atomic mass is 19.3. The van der Waals surface area contributed by atoms with Crippen molar-refractivity contribution in [2.45, 2.75) is 50.4 Å². The van der Waals surface area contributed by atoms with Crippen molar-refractivity contribution >= 4 is 23.4 Å². The lowest BCUT2D eigenvalue weighted by atomic mass is 9.98. The number of halogens is 2. The standard InChI is InChI=1S/C31H34F2N4O5/c1-19-23(9-6-10-26(19)38)28(40)36-24(15-20-7-4-3-5-8-20)27(39)30(42)37-18-31(32,33)16-25(37)29(41)35-17-21-11-13-22(34-2)14-12-21/h3-14,24-25,27,34,38-39H,15-18H2,1-2H3,(H,35,41)(H,36,40)/t24-,25-,27-/m0/s1. The molecule has 3 atom stereocenters. The van der Waals surface area contributed by atoms with Crippen LogP contribution >= 0.6 is 0 Å². The highest BCUT2D eigenvalue weighted by Gasteiger charge is 2.51. The molecule has 1 saturated heterocycles. The average Bonchev–Trinajstić information content (AvgIpc) is 3.32. The van der Waals surface area contributed by atoms with Crippen LogP contribution in [0.5, 0.6) is 5.75 Å². The quantitative estimate of drug-likeness (QED) is 0.251. The van der Waals surface area contributed by atoms with Crippen molar-refractivity contribution in [1.82, 2.24) is 15.5 Å². The summed E-state index contributed by atoms with van der Waals surface area (Å²) in [6.45, 7) is 0.559. The lowest BCUT2D eigenvalue weighted by Gasteiger charge is -2.30. The second-order valence-corrected chi connectivity index (χ2v) is 10.4. The molecule has 1 aliphatic rings. The Morgan fingerprint density at radius 1 is 1.00 bits per heavy atom. The van der Waals surface area contributed by atoms with Crippen molar-refractivity contribution in [2.75, 3.05) is 18.9 Å². The molecular weight excluding hydrogens is 546 g/mol. The first kappa shape index (κ1) is 30.4. The van der Waals surface area contributed by atoms with E-state index in [0.29, 0.717) is 16.0 Å². The molecule has 5 N–H and O–H groups in total. The van der Waals surface area contributed by atoms with Gasteiger partial charge in [0, 0.05) is 36.8 Å². The van der Waals surface area contributed by atoms with Crippen LogP contribution in [0.25, 0.3) is 0 Å². The summed E-state index contributed by atoms with van der Waals surface area (Å²) >= 11 is 0. The van der Waals surface area contributed by atoms with Crippen LogP contribution in [0, 0.1) is 6.92 Å². The SMILES string of the molecule is CNc1ccc(CNC(=O)[C@@H]2CC(F)(F)CN2C(=O)[C@@H](O)[C@H](Cc2ccccc2)NC(=O)c2cccc(O)c2C)cc1. The maximum atomic E-state index is 14.6. The summed E-state index contributed by atoms with van der Waals surface area (Å²) < 4.78 is 29.2. The van der Waals surface area contributed by atoms with Crippen LogP contribution in [0.1, 0.15) is 33.5 Å². The number of nitrogens with zero attached hydrogens (tertiary/aromatic N) is 1. The van der Waals surface area contributed by atoms with Crippen molar-refractivity contribution in [1.29, 1.82) is 0 Å². The Bertz CT molecular complexity index is 1420. The van der Waals surface area contributed by atoms with Crippen molar-refractivity contribution in [3.8, 4) is 5.75 Å². The molecule has 0 bridgehead atoms. The van der Waals surface area contributed by atoms with Crippen LogP contribution in [0.3, 0.4) is 0 Å². The third-order valence-corrected chi connectivity index (χ3v) is 7.36. The third-order valence-electron chi connectivity index (χ3n) is 7.36. The summed E-state index contributed by atoms with van der Waals surface area (Å²) in [7, 11) is 1.76. The number of benzene rings is 3. The summed E-state index contributed by atoms with van der Waals surface area (Å²) in [5, 5.41) is 29.5. The predicted molar refractivity (Wildman–Crippen MR) is 153 cm³/mol. The van der Waals surface area contributed by atoms with Gasteiger partial charge in [-0.3, -0.25) is 14.4 Å². The van der Waals surface area contributed by atoms with Gasteiger partial charge in [-0.05, 0) is 48.7 Å². The normalized spacial score (nSPS) is 17.3. The number of carbonyl (C=O) groups is 3. The van der Waals surface area contributed by atoms with Gasteiger partial charge in [0.25, 0.3) is 17.7 Å². The molecule has 0 spiro atoms. The fourth-order valence-electron chi connectivity index (χ4n) is 4.95. The number of carbonyl (C=O) groups excluding carboxylic acids is 3. The first-order valence-corrected chi connectivity index (χ1v) is 13.5. The van der Waals surface area contributed by atoms with Crippen LogP contribution in [0.2, 0.25) is 0 Å². The molecule has 0 aromatic heterocycles. The van der Waals surface area contributed by atoms with Gasteiger partial charge in [0.05, 0.1) is 12.6 Å². The molecule has 9 nitrogen and oxygen atoms in total. The van der Waals surface area contributed by atoms with E-state index in [4.69, 9.17) is 0 Å². The average molecular weight is 581 g/mol. The Morgan fingerprint density at radius 2 is 1.69 bits per heavy atom. The molecule has 0 saturated carbocycles. The number of phenols is 1. The van der Waals surface area contributed by atoms with E-state index in [1.165, 1.54) is 18.2 Å². The first-order valence-electron chi connectivity index (χ1n) is 13.5. The second-order valence-electron chi connectivity index (χ2n) is 10.4. The van der Waals surface area contributed by atoms with Gasteiger partial charge < -0.3 is 31.1 Å². The zero-order valence-electron chi connectivity index (χ0n) is 23.3. The molecule has 3 amide bonds. The second kappa shape index (κ2) is 13.0. The monoisotopic (exact) mass is 580 g/mol. The van der Waals surface area contributed by atoms with Gasteiger partial charge in [-0.2, -0.15) is 0 Å². The Morgan fingerprint density at radius 3 is 2.36 bits per heavy atom. The van der Waals surface area contributed by atoms with E-state index in [1.54, 1.807) is 68.6 Å². The van der Waals surface area contributed by atoms with E-state index in [9.17, 15) is 33.4 Å². The number of anilines is 1. The number of likely N-dealkylation sites (tertiary alicyclic amines) is 1. The van der Waals surface area contributed by atoms with Crippen molar-refractivity contribution in [3.63, 3.8) is 0 Å². The molecule has 42 heavy (non-hydrogen) atoms. The number of amides is 3. The number of phenolic OH excluding ortho intramolecular Hbond substituents is 1.